The lowest BCUT2D eigenvalue weighted by atomic mass is 10.1. The van der Waals surface area contributed by atoms with Crippen molar-refractivity contribution in [2.45, 2.75) is 32.2 Å². The maximum Gasteiger partial charge on any atom is 0.247 e. The van der Waals surface area contributed by atoms with Gasteiger partial charge in [-0.25, -0.2) is 9.67 Å². The van der Waals surface area contributed by atoms with Gasteiger partial charge in [0.25, 0.3) is 0 Å². The first kappa shape index (κ1) is 30.3. The molecule has 1 aliphatic heterocycles. The molecule has 14 heteroatoms. The highest BCUT2D eigenvalue weighted by Crippen LogP contribution is 2.28. The highest BCUT2D eigenvalue weighted by Gasteiger charge is 2.31. The van der Waals surface area contributed by atoms with Gasteiger partial charge in [-0.3, -0.25) is 4.79 Å². The van der Waals surface area contributed by atoms with Crippen LogP contribution < -0.4 is 15.4 Å². The normalized spacial score (nSPS) is 14.4. The number of anilines is 2. The first-order chi connectivity index (χ1) is 22.1. The van der Waals surface area contributed by atoms with Crippen molar-refractivity contribution in [3.05, 3.63) is 48.9 Å². The summed E-state index contributed by atoms with van der Waals surface area (Å²) >= 11 is 0. The van der Waals surface area contributed by atoms with Crippen molar-refractivity contribution < 1.29 is 23.4 Å². The first-order valence-corrected chi connectivity index (χ1v) is 15.3. The molecule has 1 aliphatic rings. The van der Waals surface area contributed by atoms with Crippen LogP contribution in [0.15, 0.2) is 53.3 Å². The summed E-state index contributed by atoms with van der Waals surface area (Å²) in [6.07, 6.45) is 5.71. The lowest BCUT2D eigenvalue weighted by Crippen LogP contribution is -2.50. The van der Waals surface area contributed by atoms with Gasteiger partial charge in [0.1, 0.15) is 18.4 Å². The second-order valence-corrected chi connectivity index (χ2v) is 10.9. The topological polar surface area (TPSA) is 151 Å². The van der Waals surface area contributed by atoms with E-state index in [1.807, 2.05) is 17.0 Å². The molecule has 6 rings (SSSR count). The molecule has 0 unspecified atom stereocenters. The highest BCUT2D eigenvalue weighted by atomic mass is 16.5. The molecule has 1 aromatic carbocycles. The number of piperazine rings is 1. The molecule has 5 heterocycles. The number of carbonyl (C=O) groups is 1. The average molecular weight is 618 g/mol. The maximum absolute atomic E-state index is 14.0. The van der Waals surface area contributed by atoms with Gasteiger partial charge >= 0.3 is 0 Å². The van der Waals surface area contributed by atoms with Gasteiger partial charge in [0, 0.05) is 39.0 Å². The number of furan rings is 1. The fourth-order valence-electron chi connectivity index (χ4n) is 5.52. The van der Waals surface area contributed by atoms with E-state index in [9.17, 15) is 4.79 Å². The van der Waals surface area contributed by atoms with Gasteiger partial charge in [-0.1, -0.05) is 19.8 Å². The predicted molar refractivity (Wildman–Crippen MR) is 168 cm³/mol. The van der Waals surface area contributed by atoms with Gasteiger partial charge in [-0.05, 0) is 42.8 Å². The van der Waals surface area contributed by atoms with Crippen molar-refractivity contribution in [3.63, 3.8) is 0 Å². The summed E-state index contributed by atoms with van der Waals surface area (Å²) < 4.78 is 24.9. The summed E-state index contributed by atoms with van der Waals surface area (Å²) in [6, 6.07) is 11.1. The van der Waals surface area contributed by atoms with E-state index in [2.05, 4.69) is 44.1 Å². The Labute approximate surface area is 260 Å². The number of unbranched alkanes of at least 4 members (excludes halogenated alkanes) is 1. The zero-order valence-corrected chi connectivity index (χ0v) is 25.7. The van der Waals surface area contributed by atoms with Crippen LogP contribution >= 0.6 is 0 Å². The van der Waals surface area contributed by atoms with E-state index in [1.165, 1.54) is 4.52 Å². The summed E-state index contributed by atoms with van der Waals surface area (Å²) in [5.41, 5.74) is 8.44. The molecular formula is C31H39N9O5. The highest BCUT2D eigenvalue weighted by molar-refractivity contribution is 5.92. The minimum absolute atomic E-state index is 0.0301. The van der Waals surface area contributed by atoms with Gasteiger partial charge in [0.2, 0.25) is 17.7 Å². The number of fused-ring (bicyclic) bond motifs is 3. The summed E-state index contributed by atoms with van der Waals surface area (Å²) in [6.45, 7) is 6.88. The molecule has 0 spiro atoms. The summed E-state index contributed by atoms with van der Waals surface area (Å²) in [7, 11) is 1.65. The quantitative estimate of drug-likeness (QED) is 0.183. The molecule has 5 aromatic rings. The molecule has 1 saturated heterocycles. The number of ether oxygens (including phenoxy) is 3. The number of aromatic nitrogens is 6. The van der Waals surface area contributed by atoms with Crippen LogP contribution in [0.4, 0.5) is 11.6 Å². The molecule has 0 bridgehead atoms. The molecule has 0 aliphatic carbocycles. The Balaban J connectivity index is 1.13. The van der Waals surface area contributed by atoms with E-state index in [0.29, 0.717) is 74.2 Å². The monoisotopic (exact) mass is 617 g/mol. The lowest BCUT2D eigenvalue weighted by Gasteiger charge is -2.37. The first-order valence-electron chi connectivity index (χ1n) is 15.3. The molecule has 1 fully saturated rings. The molecule has 1 atom stereocenters. The van der Waals surface area contributed by atoms with Gasteiger partial charge in [-0.15, -0.1) is 5.10 Å². The molecule has 0 saturated carbocycles. The van der Waals surface area contributed by atoms with Crippen molar-refractivity contribution >= 4 is 34.2 Å². The number of amides is 1. The minimum atomic E-state index is -0.509. The molecular weight excluding hydrogens is 578 g/mol. The van der Waals surface area contributed by atoms with Gasteiger partial charge in [0.15, 0.2) is 17.1 Å². The number of rotatable bonds is 14. The Morgan fingerprint density at radius 3 is 2.56 bits per heavy atom. The van der Waals surface area contributed by atoms with Crippen molar-refractivity contribution in [3.8, 4) is 17.3 Å². The standard InChI is InChI=1S/C31H39N9O5/c1-3-4-6-25(39-29-24(21-33-39)28-34-27(26-7-5-16-45-26)36-40(28)31(32)35-29)30(41)38-14-12-37(13-15-38)22-8-10-23(11-9-22)44-20-19-43-18-17-42-2/h5,7-11,16,21,25H,3-4,6,12-15,17-20H2,1-2H3,(H2,32,35)/t25-/m0/s1. The largest absolute Gasteiger partial charge is 0.491 e. The Hall–Kier alpha value is -4.69. The van der Waals surface area contributed by atoms with Crippen molar-refractivity contribution in [1.82, 2.24) is 34.3 Å². The van der Waals surface area contributed by atoms with Crippen LogP contribution in [-0.4, -0.2) is 99.9 Å². The second-order valence-electron chi connectivity index (χ2n) is 10.9. The Kier molecular flexibility index (Phi) is 9.41. The third kappa shape index (κ3) is 6.56. The number of benzene rings is 1. The smallest absolute Gasteiger partial charge is 0.247 e. The van der Waals surface area contributed by atoms with Crippen molar-refractivity contribution in [2.75, 3.05) is 70.3 Å². The number of hydrogen-bond donors (Lipinski definition) is 1. The zero-order valence-electron chi connectivity index (χ0n) is 25.7. The summed E-state index contributed by atoms with van der Waals surface area (Å²) in [4.78, 5) is 27.5. The molecule has 2 N–H and O–H groups in total. The van der Waals surface area contributed by atoms with Crippen LogP contribution in [0.25, 0.3) is 28.3 Å². The molecule has 238 valence electrons. The third-order valence-electron chi connectivity index (χ3n) is 7.93. The molecule has 0 radical (unpaired) electrons. The molecule has 1 amide bonds. The number of nitrogens with two attached hydrogens (primary N) is 1. The summed E-state index contributed by atoms with van der Waals surface area (Å²) in [5, 5.41) is 9.79. The fraction of sp³-hybridized carbons (Fsp3) is 0.452. The number of methoxy groups -OCH3 is 1. The van der Waals surface area contributed by atoms with E-state index < -0.39 is 6.04 Å². The number of nitrogens with zero attached hydrogens (tertiary/aromatic N) is 8. The number of carbonyl (C=O) groups excluding carboxylic acids is 1. The van der Waals surface area contributed by atoms with Crippen LogP contribution in [-0.2, 0) is 14.3 Å². The molecule has 14 nitrogen and oxygen atoms in total. The second kappa shape index (κ2) is 13.9. The van der Waals surface area contributed by atoms with Crippen molar-refractivity contribution in [1.29, 1.82) is 0 Å². The van der Waals surface area contributed by atoms with Gasteiger partial charge in [0.05, 0.1) is 37.7 Å². The van der Waals surface area contributed by atoms with E-state index in [0.717, 1.165) is 37.4 Å². The van der Waals surface area contributed by atoms with Crippen LogP contribution in [0, 0.1) is 0 Å². The van der Waals surface area contributed by atoms with E-state index in [4.69, 9.17) is 24.4 Å². The Morgan fingerprint density at radius 1 is 1.02 bits per heavy atom. The number of hydrogen-bond acceptors (Lipinski definition) is 11. The minimum Gasteiger partial charge on any atom is -0.491 e. The Bertz CT molecular complexity index is 1690. The van der Waals surface area contributed by atoms with Crippen LogP contribution in [0.1, 0.15) is 32.2 Å². The SMILES string of the molecule is CCCC[C@@H](C(=O)N1CCN(c2ccc(OCCOCCOC)cc2)CC1)n1ncc2c1nc(N)n1nc(-c3ccco3)nc21. The van der Waals surface area contributed by atoms with E-state index in [-0.39, 0.29) is 11.9 Å². The van der Waals surface area contributed by atoms with Crippen molar-refractivity contribution in [2.24, 2.45) is 0 Å². The summed E-state index contributed by atoms with van der Waals surface area (Å²) in [5.74, 6) is 1.91. The van der Waals surface area contributed by atoms with E-state index >= 15 is 0 Å². The fourth-order valence-corrected chi connectivity index (χ4v) is 5.52. The zero-order chi connectivity index (χ0) is 31.2. The predicted octanol–water partition coefficient (Wildman–Crippen LogP) is 3.44. The van der Waals surface area contributed by atoms with Gasteiger partial charge < -0.3 is 34.2 Å². The third-order valence-corrected chi connectivity index (χ3v) is 7.93. The molecule has 4 aromatic heterocycles. The van der Waals surface area contributed by atoms with Crippen LogP contribution in [0.2, 0.25) is 0 Å². The van der Waals surface area contributed by atoms with Crippen LogP contribution in [0.3, 0.4) is 0 Å². The number of nitrogen functional groups attached to an aromatic ring is 1. The maximum atomic E-state index is 14.0. The average Bonchev–Trinajstić information content (AvgIpc) is 3.84. The Morgan fingerprint density at radius 2 is 1.82 bits per heavy atom. The molecule has 45 heavy (non-hydrogen) atoms. The van der Waals surface area contributed by atoms with E-state index in [1.54, 1.807) is 36.4 Å². The van der Waals surface area contributed by atoms with Crippen LogP contribution in [0.5, 0.6) is 5.75 Å². The lowest BCUT2D eigenvalue weighted by molar-refractivity contribution is -0.135. The van der Waals surface area contributed by atoms with Gasteiger partial charge in [-0.2, -0.15) is 14.6 Å².